The lowest BCUT2D eigenvalue weighted by Crippen LogP contribution is -2.48. The van der Waals surface area contributed by atoms with Crippen LogP contribution in [-0.4, -0.2) is 29.6 Å². The molecule has 0 spiro atoms. The number of amides is 1. The number of hydrogen-bond acceptors (Lipinski definition) is 5. The number of aromatic nitrogens is 1. The van der Waals surface area contributed by atoms with Gasteiger partial charge in [0.15, 0.2) is 5.13 Å². The van der Waals surface area contributed by atoms with Crippen molar-refractivity contribution in [2.75, 3.05) is 18.1 Å². The molecule has 4 rings (SSSR count). The summed E-state index contributed by atoms with van der Waals surface area (Å²) in [4.78, 5) is 20.0. The Morgan fingerprint density at radius 1 is 1.39 bits per heavy atom. The minimum absolute atomic E-state index is 0.0163. The van der Waals surface area contributed by atoms with E-state index in [1.807, 2.05) is 19.9 Å². The average molecular weight is 329 g/mol. The Balaban J connectivity index is 1.75. The number of thiazole rings is 1. The van der Waals surface area contributed by atoms with Crippen LogP contribution in [0.2, 0.25) is 0 Å². The fourth-order valence-corrected chi connectivity index (χ4v) is 4.12. The van der Waals surface area contributed by atoms with E-state index < -0.39 is 0 Å². The lowest BCUT2D eigenvalue weighted by Gasteiger charge is -2.29. The highest BCUT2D eigenvalue weighted by molar-refractivity contribution is 7.17. The SMILES string of the molecule is Cc1ccc2c(c1)OCCN2c1nc2c(s1)C(=O)NC(C)(C)C2. The van der Waals surface area contributed by atoms with Gasteiger partial charge in [-0.2, -0.15) is 0 Å². The number of ether oxygens (including phenoxy) is 1. The van der Waals surface area contributed by atoms with E-state index in [2.05, 4.69) is 29.3 Å². The van der Waals surface area contributed by atoms with E-state index in [0.717, 1.165) is 40.1 Å². The molecule has 1 aromatic carbocycles. The number of fused-ring (bicyclic) bond motifs is 2. The number of rotatable bonds is 1. The molecule has 0 saturated heterocycles. The molecule has 6 heteroatoms. The van der Waals surface area contributed by atoms with Crippen LogP contribution in [0.5, 0.6) is 5.75 Å². The van der Waals surface area contributed by atoms with Gasteiger partial charge in [-0.25, -0.2) is 4.98 Å². The molecule has 0 atom stereocenters. The number of benzene rings is 1. The second-order valence-corrected chi connectivity index (χ2v) is 7.74. The van der Waals surface area contributed by atoms with Crippen molar-refractivity contribution in [3.05, 3.63) is 34.3 Å². The maximum atomic E-state index is 12.3. The highest BCUT2D eigenvalue weighted by atomic mass is 32.1. The Labute approximate surface area is 139 Å². The zero-order chi connectivity index (χ0) is 16.2. The zero-order valence-corrected chi connectivity index (χ0v) is 14.3. The molecule has 0 aliphatic carbocycles. The van der Waals surface area contributed by atoms with E-state index in [0.29, 0.717) is 6.61 Å². The summed E-state index contributed by atoms with van der Waals surface area (Å²) < 4.78 is 5.77. The number of anilines is 2. The third-order valence-electron chi connectivity index (χ3n) is 4.16. The molecule has 3 heterocycles. The van der Waals surface area contributed by atoms with E-state index in [4.69, 9.17) is 9.72 Å². The van der Waals surface area contributed by atoms with Crippen molar-refractivity contribution < 1.29 is 9.53 Å². The topological polar surface area (TPSA) is 54.5 Å². The van der Waals surface area contributed by atoms with E-state index in [9.17, 15) is 4.79 Å². The van der Waals surface area contributed by atoms with Crippen LogP contribution in [-0.2, 0) is 6.42 Å². The monoisotopic (exact) mass is 329 g/mol. The fourth-order valence-electron chi connectivity index (χ4n) is 3.10. The van der Waals surface area contributed by atoms with Crippen LogP contribution in [0.15, 0.2) is 18.2 Å². The van der Waals surface area contributed by atoms with Crippen molar-refractivity contribution in [1.29, 1.82) is 0 Å². The highest BCUT2D eigenvalue weighted by Gasteiger charge is 2.34. The molecule has 1 aromatic heterocycles. The predicted molar refractivity (Wildman–Crippen MR) is 91.0 cm³/mol. The Bertz CT molecular complexity index is 797. The average Bonchev–Trinajstić information content (AvgIpc) is 2.88. The van der Waals surface area contributed by atoms with Crippen LogP contribution in [0.1, 0.15) is 34.8 Å². The third-order valence-corrected chi connectivity index (χ3v) is 5.28. The van der Waals surface area contributed by atoms with Gasteiger partial charge < -0.3 is 15.0 Å². The Hall–Kier alpha value is -2.08. The first kappa shape index (κ1) is 14.5. The molecular weight excluding hydrogens is 310 g/mol. The van der Waals surface area contributed by atoms with Crippen molar-refractivity contribution in [3.63, 3.8) is 0 Å². The van der Waals surface area contributed by atoms with Crippen LogP contribution in [0, 0.1) is 6.92 Å². The second-order valence-electron chi connectivity index (χ2n) is 6.76. The molecule has 2 aliphatic rings. The van der Waals surface area contributed by atoms with Crippen molar-refractivity contribution in [1.82, 2.24) is 10.3 Å². The van der Waals surface area contributed by atoms with Gasteiger partial charge in [0, 0.05) is 12.0 Å². The number of carbonyl (C=O) groups excluding carboxylic acids is 1. The maximum Gasteiger partial charge on any atom is 0.263 e. The van der Waals surface area contributed by atoms with Crippen LogP contribution in [0.3, 0.4) is 0 Å². The van der Waals surface area contributed by atoms with Gasteiger partial charge in [0.05, 0.1) is 17.9 Å². The summed E-state index contributed by atoms with van der Waals surface area (Å²) in [6.07, 6.45) is 0.760. The zero-order valence-electron chi connectivity index (χ0n) is 13.5. The third kappa shape index (κ3) is 2.47. The van der Waals surface area contributed by atoms with Gasteiger partial charge in [0.25, 0.3) is 5.91 Å². The summed E-state index contributed by atoms with van der Waals surface area (Å²) in [5, 5.41) is 3.91. The summed E-state index contributed by atoms with van der Waals surface area (Å²) in [6.45, 7) is 7.47. The Morgan fingerprint density at radius 2 is 2.22 bits per heavy atom. The quantitative estimate of drug-likeness (QED) is 0.874. The van der Waals surface area contributed by atoms with Crippen molar-refractivity contribution in [2.45, 2.75) is 32.7 Å². The normalized spacial score (nSPS) is 18.7. The summed E-state index contributed by atoms with van der Waals surface area (Å²) in [5.41, 5.74) is 2.85. The minimum Gasteiger partial charge on any atom is -0.490 e. The van der Waals surface area contributed by atoms with Gasteiger partial charge in [-0.1, -0.05) is 17.4 Å². The van der Waals surface area contributed by atoms with E-state index in [-0.39, 0.29) is 11.4 Å². The van der Waals surface area contributed by atoms with Crippen molar-refractivity contribution >= 4 is 28.1 Å². The molecule has 0 fully saturated rings. The number of nitrogens with one attached hydrogen (secondary N) is 1. The molecule has 0 unspecified atom stereocenters. The van der Waals surface area contributed by atoms with Crippen LogP contribution < -0.4 is 15.0 Å². The van der Waals surface area contributed by atoms with Gasteiger partial charge in [0.1, 0.15) is 17.2 Å². The Kier molecular flexibility index (Phi) is 3.13. The lowest BCUT2D eigenvalue weighted by atomic mass is 9.94. The summed E-state index contributed by atoms with van der Waals surface area (Å²) in [6, 6.07) is 6.18. The molecule has 2 aromatic rings. The largest absolute Gasteiger partial charge is 0.490 e. The van der Waals surface area contributed by atoms with Gasteiger partial charge >= 0.3 is 0 Å². The smallest absolute Gasteiger partial charge is 0.263 e. The Morgan fingerprint density at radius 3 is 3.04 bits per heavy atom. The van der Waals surface area contributed by atoms with Gasteiger partial charge in [-0.05, 0) is 38.5 Å². The standard InChI is InChI=1S/C17H19N3O2S/c1-10-4-5-12-13(8-10)22-7-6-20(12)16-18-11-9-17(2,3)19-15(21)14(11)23-16/h4-5,8H,6-7,9H2,1-3H3,(H,19,21). The molecule has 1 N–H and O–H groups in total. The predicted octanol–water partition coefficient (Wildman–Crippen LogP) is 3.05. The first-order chi connectivity index (χ1) is 10.9. The first-order valence-corrected chi connectivity index (χ1v) is 8.58. The van der Waals surface area contributed by atoms with Gasteiger partial charge in [-0.3, -0.25) is 4.79 Å². The van der Waals surface area contributed by atoms with E-state index in [1.165, 1.54) is 16.9 Å². The van der Waals surface area contributed by atoms with E-state index >= 15 is 0 Å². The van der Waals surface area contributed by atoms with Gasteiger partial charge in [-0.15, -0.1) is 0 Å². The van der Waals surface area contributed by atoms with Crippen LogP contribution in [0.25, 0.3) is 0 Å². The molecule has 120 valence electrons. The fraction of sp³-hybridized carbons (Fsp3) is 0.412. The number of aryl methyl sites for hydroxylation is 1. The van der Waals surface area contributed by atoms with Crippen LogP contribution in [0.4, 0.5) is 10.8 Å². The summed E-state index contributed by atoms with van der Waals surface area (Å²) in [7, 11) is 0. The molecular formula is C17H19N3O2S. The summed E-state index contributed by atoms with van der Waals surface area (Å²) >= 11 is 1.47. The molecule has 1 amide bonds. The molecule has 0 radical (unpaired) electrons. The molecule has 23 heavy (non-hydrogen) atoms. The van der Waals surface area contributed by atoms with E-state index in [1.54, 1.807) is 0 Å². The number of carbonyl (C=O) groups is 1. The minimum atomic E-state index is -0.241. The first-order valence-electron chi connectivity index (χ1n) is 7.76. The highest BCUT2D eigenvalue weighted by Crippen LogP contribution is 2.40. The van der Waals surface area contributed by atoms with Crippen molar-refractivity contribution in [2.24, 2.45) is 0 Å². The summed E-state index contributed by atoms with van der Waals surface area (Å²) in [5.74, 6) is 0.867. The maximum absolute atomic E-state index is 12.3. The lowest BCUT2D eigenvalue weighted by molar-refractivity contribution is 0.0901. The number of hydrogen-bond donors (Lipinski definition) is 1. The van der Waals surface area contributed by atoms with Gasteiger partial charge in [0.2, 0.25) is 0 Å². The molecule has 0 saturated carbocycles. The number of nitrogens with zero attached hydrogens (tertiary/aromatic N) is 2. The molecule has 0 bridgehead atoms. The molecule has 2 aliphatic heterocycles. The van der Waals surface area contributed by atoms with Crippen LogP contribution >= 0.6 is 11.3 Å². The second kappa shape index (κ2) is 4.96. The molecule has 5 nitrogen and oxygen atoms in total. The van der Waals surface area contributed by atoms with Crippen molar-refractivity contribution in [3.8, 4) is 5.75 Å².